The minimum Gasteiger partial charge on any atom is -0.378 e. The maximum Gasteiger partial charge on any atom is 0.246 e. The van der Waals surface area contributed by atoms with E-state index in [2.05, 4.69) is 4.72 Å². The summed E-state index contributed by atoms with van der Waals surface area (Å²) in [6, 6.07) is 1.54. The molecule has 3 rings (SSSR count). The fraction of sp³-hybridized carbons (Fsp3) is 0.650. The Balaban J connectivity index is 1.67. The van der Waals surface area contributed by atoms with E-state index >= 15 is 0 Å². The summed E-state index contributed by atoms with van der Waals surface area (Å²) in [6.07, 6.45) is 0.353. The minimum atomic E-state index is -3.73. The summed E-state index contributed by atoms with van der Waals surface area (Å²) in [6.45, 7) is 1.75. The van der Waals surface area contributed by atoms with Crippen molar-refractivity contribution in [2.75, 3.05) is 52.7 Å². The van der Waals surface area contributed by atoms with Crippen LogP contribution in [-0.2, 0) is 35.6 Å². The van der Waals surface area contributed by atoms with E-state index in [1.165, 1.54) is 21.1 Å². The van der Waals surface area contributed by atoms with Gasteiger partial charge in [0.05, 0.1) is 29.7 Å². The van der Waals surface area contributed by atoms with Gasteiger partial charge in [-0.1, -0.05) is 11.6 Å². The second-order valence-corrected chi connectivity index (χ2v) is 11.9. The molecule has 184 valence electrons. The molecule has 0 saturated carbocycles. The Kier molecular flexibility index (Phi) is 8.73. The zero-order valence-electron chi connectivity index (χ0n) is 18.7. The standard InChI is InChI=1S/C20H29ClN4O6S2/c1-23(2)18(26)13-16(20(28)24-8-10-31-11-9-24)25-7-5-15(19(25)27)22-33(29,30)12-6-14-3-4-17(21)32-14/h3-4,15-16,22H,5-13H2,1-2H3/t15-,16-/m0/s1. The first-order valence-corrected chi connectivity index (χ1v) is 13.5. The Morgan fingerprint density at radius 3 is 2.58 bits per heavy atom. The summed E-state index contributed by atoms with van der Waals surface area (Å²) < 4.78 is 33.5. The molecule has 0 spiro atoms. The summed E-state index contributed by atoms with van der Waals surface area (Å²) in [5, 5.41) is 0. The van der Waals surface area contributed by atoms with Crippen LogP contribution in [0.1, 0.15) is 17.7 Å². The number of hydrogen-bond acceptors (Lipinski definition) is 7. The van der Waals surface area contributed by atoms with Gasteiger partial charge in [-0.3, -0.25) is 14.4 Å². The predicted octanol–water partition coefficient (Wildman–Crippen LogP) is 0.170. The molecule has 0 aromatic carbocycles. The Morgan fingerprint density at radius 2 is 1.97 bits per heavy atom. The third kappa shape index (κ3) is 6.89. The molecule has 1 N–H and O–H groups in total. The number of ether oxygens (including phenoxy) is 1. The molecule has 3 heterocycles. The molecule has 1 aromatic heterocycles. The first-order valence-electron chi connectivity index (χ1n) is 10.7. The number of rotatable bonds is 9. The number of carbonyl (C=O) groups excluding carboxylic acids is 3. The first-order chi connectivity index (χ1) is 15.6. The number of nitrogens with one attached hydrogen (secondary N) is 1. The van der Waals surface area contributed by atoms with E-state index in [9.17, 15) is 22.8 Å². The lowest BCUT2D eigenvalue weighted by atomic mass is 10.1. The molecule has 1 aromatic rings. The second kappa shape index (κ2) is 11.1. The fourth-order valence-electron chi connectivity index (χ4n) is 3.79. The number of sulfonamides is 1. The van der Waals surface area contributed by atoms with Crippen LogP contribution in [-0.4, -0.2) is 106 Å². The van der Waals surface area contributed by atoms with Crippen molar-refractivity contribution in [3.05, 3.63) is 21.3 Å². The molecule has 0 aliphatic carbocycles. The van der Waals surface area contributed by atoms with E-state index in [4.69, 9.17) is 16.3 Å². The summed E-state index contributed by atoms with van der Waals surface area (Å²) in [5.41, 5.74) is 0. The average molecular weight is 521 g/mol. The van der Waals surface area contributed by atoms with Gasteiger partial charge >= 0.3 is 0 Å². The maximum absolute atomic E-state index is 13.2. The minimum absolute atomic E-state index is 0.159. The summed E-state index contributed by atoms with van der Waals surface area (Å²) in [5.74, 6) is -1.27. The molecule has 13 heteroatoms. The zero-order chi connectivity index (χ0) is 24.2. The van der Waals surface area contributed by atoms with E-state index in [1.807, 2.05) is 0 Å². The van der Waals surface area contributed by atoms with Crippen LogP contribution < -0.4 is 4.72 Å². The van der Waals surface area contributed by atoms with Crippen molar-refractivity contribution in [1.82, 2.24) is 19.4 Å². The summed E-state index contributed by atoms with van der Waals surface area (Å²) >= 11 is 7.20. The SMILES string of the molecule is CN(C)C(=O)C[C@@H](C(=O)N1CCOCC1)N1CC[C@H](NS(=O)(=O)CCc2ccc(Cl)s2)C1=O. The van der Waals surface area contributed by atoms with Gasteiger partial charge in [0.15, 0.2) is 0 Å². The normalized spacial score (nSPS) is 20.2. The Hall–Kier alpha value is -1.73. The molecule has 2 aliphatic heterocycles. The highest BCUT2D eigenvalue weighted by Gasteiger charge is 2.42. The number of hydrogen-bond donors (Lipinski definition) is 1. The molecule has 2 fully saturated rings. The number of nitrogens with zero attached hydrogens (tertiary/aromatic N) is 3. The number of amides is 3. The second-order valence-electron chi connectivity index (χ2n) is 8.21. The van der Waals surface area contributed by atoms with Crippen LogP contribution in [0.15, 0.2) is 12.1 Å². The van der Waals surface area contributed by atoms with Crippen LogP contribution in [0.2, 0.25) is 4.34 Å². The van der Waals surface area contributed by atoms with Crippen molar-refractivity contribution in [3.63, 3.8) is 0 Å². The van der Waals surface area contributed by atoms with E-state index in [0.717, 1.165) is 4.88 Å². The van der Waals surface area contributed by atoms with Crippen LogP contribution >= 0.6 is 22.9 Å². The van der Waals surface area contributed by atoms with E-state index in [0.29, 0.717) is 30.6 Å². The molecule has 2 aliphatic rings. The number of halogens is 1. The Morgan fingerprint density at radius 1 is 1.27 bits per heavy atom. The topological polar surface area (TPSA) is 116 Å². The molecule has 0 unspecified atom stereocenters. The molecule has 0 radical (unpaired) electrons. The van der Waals surface area contributed by atoms with Crippen molar-refractivity contribution >= 4 is 50.7 Å². The molecule has 33 heavy (non-hydrogen) atoms. The monoisotopic (exact) mass is 520 g/mol. The summed E-state index contributed by atoms with van der Waals surface area (Å²) in [7, 11) is -0.563. The van der Waals surface area contributed by atoms with Crippen molar-refractivity contribution < 1.29 is 27.5 Å². The lowest BCUT2D eigenvalue weighted by Crippen LogP contribution is -2.55. The van der Waals surface area contributed by atoms with Gasteiger partial charge in [-0.15, -0.1) is 11.3 Å². The molecule has 10 nitrogen and oxygen atoms in total. The van der Waals surface area contributed by atoms with Gasteiger partial charge in [0, 0.05) is 38.6 Å². The molecule has 2 atom stereocenters. The third-order valence-corrected chi connectivity index (χ3v) is 8.33. The first kappa shape index (κ1) is 25.9. The highest BCUT2D eigenvalue weighted by atomic mass is 35.5. The van der Waals surface area contributed by atoms with Gasteiger partial charge in [0.25, 0.3) is 0 Å². The van der Waals surface area contributed by atoms with Gasteiger partial charge in [0.2, 0.25) is 27.7 Å². The zero-order valence-corrected chi connectivity index (χ0v) is 21.0. The molecular weight excluding hydrogens is 492 g/mol. The van der Waals surface area contributed by atoms with Crippen molar-refractivity contribution in [2.24, 2.45) is 0 Å². The highest BCUT2D eigenvalue weighted by Crippen LogP contribution is 2.23. The van der Waals surface area contributed by atoms with Crippen LogP contribution in [0.3, 0.4) is 0 Å². The lowest BCUT2D eigenvalue weighted by Gasteiger charge is -2.34. The molecule has 2 saturated heterocycles. The molecule has 3 amide bonds. The van der Waals surface area contributed by atoms with Crippen molar-refractivity contribution in [2.45, 2.75) is 31.3 Å². The van der Waals surface area contributed by atoms with Crippen LogP contribution in [0.25, 0.3) is 0 Å². The summed E-state index contributed by atoms with van der Waals surface area (Å²) in [4.78, 5) is 43.9. The number of likely N-dealkylation sites (tertiary alicyclic amines) is 1. The van der Waals surface area contributed by atoms with Crippen LogP contribution in [0.5, 0.6) is 0 Å². The van der Waals surface area contributed by atoms with Gasteiger partial charge in [-0.25, -0.2) is 13.1 Å². The van der Waals surface area contributed by atoms with Gasteiger partial charge in [-0.05, 0) is 25.0 Å². The Bertz CT molecular complexity index is 977. The molecule has 0 bridgehead atoms. The quantitative estimate of drug-likeness (QED) is 0.496. The van der Waals surface area contributed by atoms with Crippen molar-refractivity contribution in [1.29, 1.82) is 0 Å². The van der Waals surface area contributed by atoms with Gasteiger partial charge in [0.1, 0.15) is 12.1 Å². The Labute approximate surface area is 202 Å². The number of thiophene rings is 1. The fourth-order valence-corrected chi connectivity index (χ4v) is 6.27. The number of morpholine rings is 1. The van der Waals surface area contributed by atoms with E-state index < -0.39 is 28.0 Å². The van der Waals surface area contributed by atoms with Gasteiger partial charge in [-0.2, -0.15) is 0 Å². The maximum atomic E-state index is 13.2. The molecular formula is C20H29ClN4O6S2. The number of carbonyl (C=O) groups is 3. The average Bonchev–Trinajstić information content (AvgIpc) is 3.35. The lowest BCUT2D eigenvalue weighted by molar-refractivity contribution is -0.149. The third-order valence-electron chi connectivity index (χ3n) is 5.66. The van der Waals surface area contributed by atoms with Gasteiger partial charge < -0.3 is 19.4 Å². The number of aryl methyl sites for hydroxylation is 1. The van der Waals surface area contributed by atoms with Crippen LogP contribution in [0.4, 0.5) is 0 Å². The van der Waals surface area contributed by atoms with E-state index in [-0.39, 0.29) is 43.4 Å². The van der Waals surface area contributed by atoms with Crippen LogP contribution in [0, 0.1) is 0 Å². The predicted molar refractivity (Wildman–Crippen MR) is 125 cm³/mol. The smallest absolute Gasteiger partial charge is 0.246 e. The van der Waals surface area contributed by atoms with Crippen molar-refractivity contribution in [3.8, 4) is 0 Å². The van der Waals surface area contributed by atoms with E-state index in [1.54, 1.807) is 31.1 Å². The largest absolute Gasteiger partial charge is 0.378 e. The highest BCUT2D eigenvalue weighted by molar-refractivity contribution is 7.89.